The highest BCUT2D eigenvalue weighted by Crippen LogP contribution is 2.45. The Morgan fingerprint density at radius 3 is 2.95 bits per heavy atom. The van der Waals surface area contributed by atoms with E-state index in [1.165, 1.54) is 38.6 Å². The third-order valence-electron chi connectivity index (χ3n) is 4.53. The molecule has 0 spiro atoms. The van der Waals surface area contributed by atoms with Gasteiger partial charge in [0.15, 0.2) is 0 Å². The van der Waals surface area contributed by atoms with Crippen molar-refractivity contribution in [3.8, 4) is 0 Å². The molecule has 4 heteroatoms. The van der Waals surface area contributed by atoms with Gasteiger partial charge < -0.3 is 5.32 Å². The summed E-state index contributed by atoms with van der Waals surface area (Å²) in [6.07, 6.45) is 9.21. The standard InChI is InChI=1S/C15H23NS3/c1-11-9-13(12-5-8-18-14(12)19-11)16-10-15(17-2)6-3-4-7-15/h5,8,11,13,16H,3-4,6-7,9-10H2,1-2H3/t11-,13?/m0/s1. The smallest absolute Gasteiger partial charge is 0.0649 e. The van der Waals surface area contributed by atoms with Gasteiger partial charge in [0.05, 0.1) is 4.21 Å². The van der Waals surface area contributed by atoms with E-state index in [9.17, 15) is 0 Å². The van der Waals surface area contributed by atoms with Crippen LogP contribution < -0.4 is 5.32 Å². The van der Waals surface area contributed by atoms with Crippen LogP contribution in [0.15, 0.2) is 15.7 Å². The molecular weight excluding hydrogens is 290 g/mol. The molecular formula is C15H23NS3. The van der Waals surface area contributed by atoms with Crippen LogP contribution >= 0.6 is 34.9 Å². The van der Waals surface area contributed by atoms with Gasteiger partial charge in [-0.2, -0.15) is 11.8 Å². The molecule has 0 saturated heterocycles. The molecule has 1 N–H and O–H groups in total. The molecule has 2 heterocycles. The van der Waals surface area contributed by atoms with E-state index in [0.29, 0.717) is 10.8 Å². The van der Waals surface area contributed by atoms with Crippen molar-refractivity contribution in [1.29, 1.82) is 0 Å². The number of thioether (sulfide) groups is 2. The molecule has 0 amide bonds. The molecule has 1 fully saturated rings. The molecule has 2 aliphatic rings. The molecule has 1 nitrogen and oxygen atoms in total. The normalized spacial score (nSPS) is 29.4. The van der Waals surface area contributed by atoms with Crippen molar-refractivity contribution < 1.29 is 0 Å². The second-order valence-corrected chi connectivity index (χ2v) is 9.75. The molecule has 1 saturated carbocycles. The Kier molecular flexibility index (Phi) is 4.52. The van der Waals surface area contributed by atoms with E-state index in [1.807, 2.05) is 11.3 Å². The molecule has 106 valence electrons. The lowest BCUT2D eigenvalue weighted by Gasteiger charge is -2.33. The summed E-state index contributed by atoms with van der Waals surface area (Å²) in [5.41, 5.74) is 1.56. The third kappa shape index (κ3) is 3.02. The number of hydrogen-bond donors (Lipinski definition) is 1. The van der Waals surface area contributed by atoms with E-state index in [-0.39, 0.29) is 0 Å². The lowest BCUT2D eigenvalue weighted by molar-refractivity contribution is 0.441. The molecule has 1 aromatic rings. The summed E-state index contributed by atoms with van der Waals surface area (Å²) in [4.78, 5) is 0. The average Bonchev–Trinajstić information content (AvgIpc) is 3.05. The molecule has 3 rings (SSSR count). The number of hydrogen-bond acceptors (Lipinski definition) is 4. The minimum Gasteiger partial charge on any atom is -0.308 e. The molecule has 19 heavy (non-hydrogen) atoms. The van der Waals surface area contributed by atoms with Crippen LogP contribution in [0.3, 0.4) is 0 Å². The number of thiophene rings is 1. The van der Waals surface area contributed by atoms with Gasteiger partial charge in [0.25, 0.3) is 0 Å². The highest BCUT2D eigenvalue weighted by Gasteiger charge is 2.34. The summed E-state index contributed by atoms with van der Waals surface area (Å²) in [6.45, 7) is 3.55. The van der Waals surface area contributed by atoms with Gasteiger partial charge in [-0.25, -0.2) is 0 Å². The van der Waals surface area contributed by atoms with Gasteiger partial charge in [-0.1, -0.05) is 19.8 Å². The lowest BCUT2D eigenvalue weighted by atomic mass is 10.0. The minimum absolute atomic E-state index is 0.518. The Balaban J connectivity index is 1.67. The zero-order valence-corrected chi connectivity index (χ0v) is 14.2. The molecule has 1 unspecified atom stereocenters. The fourth-order valence-corrected chi connectivity index (χ4v) is 6.82. The topological polar surface area (TPSA) is 12.0 Å². The van der Waals surface area contributed by atoms with Gasteiger partial charge in [-0.05, 0) is 42.5 Å². The third-order valence-corrected chi connectivity index (χ3v) is 8.29. The quantitative estimate of drug-likeness (QED) is 0.845. The molecule has 1 aromatic heterocycles. The highest BCUT2D eigenvalue weighted by atomic mass is 32.2. The van der Waals surface area contributed by atoms with Crippen LogP contribution in [0.1, 0.15) is 50.6 Å². The van der Waals surface area contributed by atoms with Gasteiger partial charge in [0, 0.05) is 22.6 Å². The van der Waals surface area contributed by atoms with Crippen LogP contribution in [0, 0.1) is 0 Å². The zero-order chi connectivity index (χ0) is 13.3. The Labute approximate surface area is 129 Å². The van der Waals surface area contributed by atoms with Crippen molar-refractivity contribution in [2.24, 2.45) is 0 Å². The first-order valence-electron chi connectivity index (χ1n) is 7.25. The molecule has 1 aliphatic heterocycles. The van der Waals surface area contributed by atoms with Crippen LogP contribution in [0.5, 0.6) is 0 Å². The Morgan fingerprint density at radius 1 is 1.42 bits per heavy atom. The summed E-state index contributed by atoms with van der Waals surface area (Å²) in [5.74, 6) is 0. The van der Waals surface area contributed by atoms with E-state index >= 15 is 0 Å². The highest BCUT2D eigenvalue weighted by molar-refractivity contribution is 8.01. The van der Waals surface area contributed by atoms with Crippen molar-refractivity contribution >= 4 is 34.9 Å². The van der Waals surface area contributed by atoms with Gasteiger partial charge in [-0.3, -0.25) is 0 Å². The van der Waals surface area contributed by atoms with Crippen molar-refractivity contribution in [2.45, 2.75) is 59.3 Å². The summed E-state index contributed by atoms with van der Waals surface area (Å²) >= 11 is 6.06. The van der Waals surface area contributed by atoms with Crippen molar-refractivity contribution in [3.05, 3.63) is 17.0 Å². The maximum Gasteiger partial charge on any atom is 0.0649 e. The maximum absolute atomic E-state index is 3.90. The fraction of sp³-hybridized carbons (Fsp3) is 0.733. The van der Waals surface area contributed by atoms with Gasteiger partial charge in [0.2, 0.25) is 0 Å². The van der Waals surface area contributed by atoms with Crippen LogP contribution in [-0.4, -0.2) is 22.8 Å². The van der Waals surface area contributed by atoms with Crippen LogP contribution in [0.2, 0.25) is 0 Å². The van der Waals surface area contributed by atoms with Gasteiger partial charge in [0.1, 0.15) is 0 Å². The van der Waals surface area contributed by atoms with Crippen molar-refractivity contribution in [1.82, 2.24) is 5.32 Å². The SMILES string of the molecule is CSC1(CNC2C[C@H](C)Sc3sccc32)CCCC1. The van der Waals surface area contributed by atoms with Crippen molar-refractivity contribution in [3.63, 3.8) is 0 Å². The summed E-state index contributed by atoms with van der Waals surface area (Å²) in [6, 6.07) is 2.92. The maximum atomic E-state index is 3.90. The summed E-state index contributed by atoms with van der Waals surface area (Å²) < 4.78 is 2.06. The molecule has 0 radical (unpaired) electrons. The van der Waals surface area contributed by atoms with Crippen LogP contribution in [0.25, 0.3) is 0 Å². The lowest BCUT2D eigenvalue weighted by Crippen LogP contribution is -2.38. The van der Waals surface area contributed by atoms with E-state index in [4.69, 9.17) is 0 Å². The Hall–Kier alpha value is 0.360. The number of rotatable bonds is 4. The Bertz CT molecular complexity index is 423. The first-order chi connectivity index (χ1) is 9.22. The molecule has 2 atom stereocenters. The molecule has 0 bridgehead atoms. The second kappa shape index (κ2) is 6.00. The fourth-order valence-electron chi connectivity index (χ4n) is 3.32. The van der Waals surface area contributed by atoms with E-state index in [1.54, 1.807) is 9.77 Å². The monoisotopic (exact) mass is 313 g/mol. The van der Waals surface area contributed by atoms with E-state index in [0.717, 1.165) is 5.25 Å². The Morgan fingerprint density at radius 2 is 2.21 bits per heavy atom. The number of nitrogens with one attached hydrogen (secondary N) is 1. The molecule has 1 aliphatic carbocycles. The van der Waals surface area contributed by atoms with Crippen LogP contribution in [-0.2, 0) is 0 Å². The zero-order valence-electron chi connectivity index (χ0n) is 11.8. The summed E-state index contributed by atoms with van der Waals surface area (Å²) in [5, 5.41) is 6.90. The first kappa shape index (κ1) is 14.3. The minimum atomic E-state index is 0.518. The van der Waals surface area contributed by atoms with E-state index in [2.05, 4.69) is 53.5 Å². The number of fused-ring (bicyclic) bond motifs is 1. The van der Waals surface area contributed by atoms with Gasteiger partial charge >= 0.3 is 0 Å². The molecule has 0 aromatic carbocycles. The van der Waals surface area contributed by atoms with Crippen LogP contribution in [0.4, 0.5) is 0 Å². The van der Waals surface area contributed by atoms with Crippen molar-refractivity contribution in [2.75, 3.05) is 12.8 Å². The first-order valence-corrected chi connectivity index (χ1v) is 10.2. The average molecular weight is 314 g/mol. The largest absolute Gasteiger partial charge is 0.308 e. The predicted octanol–water partition coefficient (Wildman–Crippen LogP) is 4.94. The summed E-state index contributed by atoms with van der Waals surface area (Å²) in [7, 11) is 0. The predicted molar refractivity (Wildman–Crippen MR) is 89.7 cm³/mol. The van der Waals surface area contributed by atoms with Gasteiger partial charge in [-0.15, -0.1) is 23.1 Å². The van der Waals surface area contributed by atoms with E-state index < -0.39 is 0 Å². The second-order valence-electron chi connectivity index (χ2n) is 5.86.